The Kier molecular flexibility index (Phi) is 5.75. The van der Waals surface area contributed by atoms with Gasteiger partial charge in [0.05, 0.1) is 0 Å². The summed E-state index contributed by atoms with van der Waals surface area (Å²) < 4.78 is 18.1. The molecule has 6 heteroatoms. The van der Waals surface area contributed by atoms with E-state index in [2.05, 4.69) is 5.32 Å². The Labute approximate surface area is 145 Å². The quantitative estimate of drug-likeness (QED) is 0.809. The third-order valence-electron chi connectivity index (χ3n) is 3.78. The van der Waals surface area contributed by atoms with Gasteiger partial charge in [0.15, 0.2) is 6.61 Å². The van der Waals surface area contributed by atoms with E-state index in [4.69, 9.17) is 9.84 Å². The summed E-state index contributed by atoms with van der Waals surface area (Å²) in [6.45, 7) is 3.79. The van der Waals surface area contributed by atoms with Crippen molar-refractivity contribution in [2.75, 3.05) is 13.2 Å². The molecule has 0 aliphatic carbocycles. The number of amides is 1. The van der Waals surface area contributed by atoms with E-state index in [9.17, 15) is 14.0 Å². The van der Waals surface area contributed by atoms with Gasteiger partial charge in [-0.2, -0.15) is 0 Å². The zero-order valence-corrected chi connectivity index (χ0v) is 14.1. The molecule has 0 bridgehead atoms. The van der Waals surface area contributed by atoms with Gasteiger partial charge >= 0.3 is 5.97 Å². The number of ether oxygens (including phenoxy) is 1. The summed E-state index contributed by atoms with van der Waals surface area (Å²) in [5.74, 6) is -1.37. The van der Waals surface area contributed by atoms with Crippen molar-refractivity contribution in [2.45, 2.75) is 19.3 Å². The molecule has 0 spiro atoms. The first-order valence-electron chi connectivity index (χ1n) is 7.77. The molecule has 0 aliphatic heterocycles. The standard InChI is InChI=1S/C19H20FNO4/c1-19(2,14-6-8-15(20)9-7-14)12-21-18(24)13-4-3-5-16(10-13)25-11-17(22)23/h3-10H,11-12H2,1-2H3,(H,21,24)(H,22,23). The number of hydrogen-bond acceptors (Lipinski definition) is 3. The van der Waals surface area contributed by atoms with Crippen LogP contribution in [-0.4, -0.2) is 30.1 Å². The van der Waals surface area contributed by atoms with Crippen molar-refractivity contribution in [1.29, 1.82) is 0 Å². The van der Waals surface area contributed by atoms with Crippen molar-refractivity contribution in [1.82, 2.24) is 5.32 Å². The summed E-state index contributed by atoms with van der Waals surface area (Å²) in [7, 11) is 0. The van der Waals surface area contributed by atoms with Gasteiger partial charge in [-0.15, -0.1) is 0 Å². The summed E-state index contributed by atoms with van der Waals surface area (Å²) in [6, 6.07) is 12.5. The molecule has 0 atom stereocenters. The third-order valence-corrected chi connectivity index (χ3v) is 3.78. The predicted molar refractivity (Wildman–Crippen MR) is 91.3 cm³/mol. The number of halogens is 1. The summed E-state index contributed by atoms with van der Waals surface area (Å²) >= 11 is 0. The van der Waals surface area contributed by atoms with Crippen LogP contribution < -0.4 is 10.1 Å². The molecule has 132 valence electrons. The second-order valence-electron chi connectivity index (χ2n) is 6.28. The van der Waals surface area contributed by atoms with Crippen molar-refractivity contribution in [3.8, 4) is 5.75 Å². The number of carbonyl (C=O) groups is 2. The Balaban J connectivity index is 2.00. The van der Waals surface area contributed by atoms with Crippen molar-refractivity contribution >= 4 is 11.9 Å². The summed E-state index contributed by atoms with van der Waals surface area (Å²) in [5, 5.41) is 11.5. The monoisotopic (exact) mass is 345 g/mol. The second-order valence-corrected chi connectivity index (χ2v) is 6.28. The summed E-state index contributed by atoms with van der Waals surface area (Å²) in [4.78, 5) is 22.9. The highest BCUT2D eigenvalue weighted by Crippen LogP contribution is 2.22. The largest absolute Gasteiger partial charge is 0.482 e. The van der Waals surface area contributed by atoms with Crippen LogP contribution in [0.15, 0.2) is 48.5 Å². The Morgan fingerprint density at radius 3 is 2.48 bits per heavy atom. The average molecular weight is 345 g/mol. The van der Waals surface area contributed by atoms with Crippen molar-refractivity contribution in [2.24, 2.45) is 0 Å². The van der Waals surface area contributed by atoms with Crippen molar-refractivity contribution in [3.05, 3.63) is 65.5 Å². The number of carboxylic acid groups (broad SMARTS) is 1. The van der Waals surface area contributed by atoms with Crippen LogP contribution in [-0.2, 0) is 10.2 Å². The lowest BCUT2D eigenvalue weighted by molar-refractivity contribution is -0.139. The number of benzene rings is 2. The SMILES string of the molecule is CC(C)(CNC(=O)c1cccc(OCC(=O)O)c1)c1ccc(F)cc1. The minimum atomic E-state index is -1.09. The molecule has 2 aromatic carbocycles. The first-order valence-corrected chi connectivity index (χ1v) is 7.77. The van der Waals surface area contributed by atoms with E-state index >= 15 is 0 Å². The Hall–Kier alpha value is -2.89. The van der Waals surface area contributed by atoms with Crippen LogP contribution in [0.5, 0.6) is 5.75 Å². The average Bonchev–Trinajstić information content (AvgIpc) is 2.58. The van der Waals surface area contributed by atoms with E-state index < -0.39 is 12.6 Å². The van der Waals surface area contributed by atoms with Crippen LogP contribution in [0.2, 0.25) is 0 Å². The van der Waals surface area contributed by atoms with Crippen molar-refractivity contribution in [3.63, 3.8) is 0 Å². The molecule has 25 heavy (non-hydrogen) atoms. The van der Waals surface area contributed by atoms with Crippen LogP contribution in [0.3, 0.4) is 0 Å². The molecule has 0 radical (unpaired) electrons. The number of aliphatic carboxylic acids is 1. The van der Waals surface area contributed by atoms with Gasteiger partial charge in [0.2, 0.25) is 0 Å². The minimum absolute atomic E-state index is 0.295. The zero-order valence-electron chi connectivity index (χ0n) is 14.1. The van der Waals surface area contributed by atoms with E-state index in [-0.39, 0.29) is 17.1 Å². The number of rotatable bonds is 7. The number of carboxylic acids is 1. The maximum Gasteiger partial charge on any atom is 0.341 e. The van der Waals surface area contributed by atoms with Crippen molar-refractivity contribution < 1.29 is 23.8 Å². The molecule has 2 N–H and O–H groups in total. The van der Waals surface area contributed by atoms with E-state index in [0.29, 0.717) is 17.9 Å². The van der Waals surface area contributed by atoms with Gasteiger partial charge in [0.1, 0.15) is 11.6 Å². The Bertz CT molecular complexity index is 756. The van der Waals surface area contributed by atoms with Gasteiger partial charge in [0, 0.05) is 17.5 Å². The summed E-state index contributed by atoms with van der Waals surface area (Å²) in [6.07, 6.45) is 0. The minimum Gasteiger partial charge on any atom is -0.482 e. The van der Waals surface area contributed by atoms with E-state index in [0.717, 1.165) is 5.56 Å². The molecule has 0 aliphatic rings. The fraction of sp³-hybridized carbons (Fsp3) is 0.263. The summed E-state index contributed by atoms with van der Waals surface area (Å²) in [5.41, 5.74) is 0.909. The predicted octanol–water partition coefficient (Wildman–Crippen LogP) is 3.00. The van der Waals surface area contributed by atoms with Gasteiger partial charge in [-0.25, -0.2) is 9.18 Å². The van der Waals surface area contributed by atoms with Gasteiger partial charge < -0.3 is 15.2 Å². The fourth-order valence-corrected chi connectivity index (χ4v) is 2.28. The lowest BCUT2D eigenvalue weighted by Gasteiger charge is -2.25. The molecule has 2 aromatic rings. The highest BCUT2D eigenvalue weighted by Gasteiger charge is 2.22. The van der Waals surface area contributed by atoms with E-state index in [1.54, 1.807) is 30.3 Å². The van der Waals surface area contributed by atoms with Crippen LogP contribution in [0.1, 0.15) is 29.8 Å². The third kappa shape index (κ3) is 5.31. The maximum atomic E-state index is 13.0. The topological polar surface area (TPSA) is 75.6 Å². The molecule has 0 heterocycles. The molecule has 0 fully saturated rings. The highest BCUT2D eigenvalue weighted by molar-refractivity contribution is 5.94. The molecule has 0 aromatic heterocycles. The second kappa shape index (κ2) is 7.79. The zero-order chi connectivity index (χ0) is 18.4. The number of hydrogen-bond donors (Lipinski definition) is 2. The first-order chi connectivity index (χ1) is 11.8. The van der Waals surface area contributed by atoms with E-state index in [1.165, 1.54) is 18.2 Å². The molecular formula is C19H20FNO4. The van der Waals surface area contributed by atoms with Crippen LogP contribution in [0, 0.1) is 5.82 Å². The van der Waals surface area contributed by atoms with Gasteiger partial charge in [-0.3, -0.25) is 4.79 Å². The van der Waals surface area contributed by atoms with E-state index in [1.807, 2.05) is 13.8 Å². The lowest BCUT2D eigenvalue weighted by atomic mass is 9.84. The highest BCUT2D eigenvalue weighted by atomic mass is 19.1. The Morgan fingerprint density at radius 2 is 1.84 bits per heavy atom. The number of nitrogens with one attached hydrogen (secondary N) is 1. The first kappa shape index (κ1) is 18.4. The smallest absolute Gasteiger partial charge is 0.341 e. The molecular weight excluding hydrogens is 325 g/mol. The van der Waals surface area contributed by atoms with Crippen LogP contribution >= 0.6 is 0 Å². The van der Waals surface area contributed by atoms with Gasteiger partial charge in [-0.1, -0.05) is 32.0 Å². The molecule has 2 rings (SSSR count). The number of carbonyl (C=O) groups excluding carboxylic acids is 1. The molecule has 0 unspecified atom stereocenters. The van der Waals surface area contributed by atoms with Gasteiger partial charge in [-0.05, 0) is 35.9 Å². The Morgan fingerprint density at radius 1 is 1.16 bits per heavy atom. The molecule has 5 nitrogen and oxygen atoms in total. The van der Waals surface area contributed by atoms with Crippen LogP contribution in [0.4, 0.5) is 4.39 Å². The molecule has 0 saturated heterocycles. The fourth-order valence-electron chi connectivity index (χ4n) is 2.28. The molecule has 0 saturated carbocycles. The maximum absolute atomic E-state index is 13.0. The molecule has 1 amide bonds. The van der Waals surface area contributed by atoms with Gasteiger partial charge in [0.25, 0.3) is 5.91 Å². The lowest BCUT2D eigenvalue weighted by Crippen LogP contribution is -2.36. The van der Waals surface area contributed by atoms with Crippen LogP contribution in [0.25, 0.3) is 0 Å². The normalized spacial score (nSPS) is 11.0.